The minimum Gasteiger partial charge on any atom is -0.361 e. The Morgan fingerprint density at radius 3 is 2.77 bits per heavy atom. The maximum Gasteiger partial charge on any atom is 0.252 e. The number of anilines is 1. The van der Waals surface area contributed by atoms with Crippen molar-refractivity contribution >= 4 is 16.9 Å². The summed E-state index contributed by atoms with van der Waals surface area (Å²) >= 11 is 0. The molecule has 26 heavy (non-hydrogen) atoms. The summed E-state index contributed by atoms with van der Waals surface area (Å²) < 4.78 is 0. The summed E-state index contributed by atoms with van der Waals surface area (Å²) in [7, 11) is 1.93. The zero-order valence-electron chi connectivity index (χ0n) is 14.4. The van der Waals surface area contributed by atoms with Gasteiger partial charge in [0.05, 0.1) is 5.69 Å². The average Bonchev–Trinajstić information content (AvgIpc) is 3.09. The fourth-order valence-electron chi connectivity index (χ4n) is 3.03. The van der Waals surface area contributed by atoms with Gasteiger partial charge in [-0.1, -0.05) is 18.2 Å². The average molecular weight is 345 g/mol. The van der Waals surface area contributed by atoms with Gasteiger partial charge in [0.1, 0.15) is 0 Å². The quantitative estimate of drug-likeness (QED) is 0.583. The number of rotatable bonds is 5. The van der Waals surface area contributed by atoms with E-state index in [1.165, 1.54) is 17.0 Å². The van der Waals surface area contributed by atoms with E-state index in [2.05, 4.69) is 32.1 Å². The van der Waals surface area contributed by atoms with Crippen LogP contribution in [-0.2, 0) is 6.42 Å². The largest absolute Gasteiger partial charge is 0.361 e. The summed E-state index contributed by atoms with van der Waals surface area (Å²) in [6, 6.07) is 13.4. The first-order chi connectivity index (χ1) is 12.7. The minimum absolute atomic E-state index is 0.166. The Hall–Kier alpha value is -3.41. The summed E-state index contributed by atoms with van der Waals surface area (Å²) in [5.41, 5.74) is 3.74. The number of benzene rings is 1. The zero-order valence-corrected chi connectivity index (χ0v) is 14.4. The van der Waals surface area contributed by atoms with Crippen molar-refractivity contribution in [3.8, 4) is 11.3 Å². The predicted octanol–water partition coefficient (Wildman–Crippen LogP) is 2.99. The number of nitrogens with zero attached hydrogens (tertiary/aromatic N) is 3. The van der Waals surface area contributed by atoms with Gasteiger partial charge in [-0.2, -0.15) is 0 Å². The van der Waals surface area contributed by atoms with Crippen LogP contribution >= 0.6 is 0 Å². The van der Waals surface area contributed by atoms with Crippen molar-refractivity contribution in [2.75, 3.05) is 18.5 Å². The molecule has 0 aliphatic rings. The third-order valence-electron chi connectivity index (χ3n) is 4.46. The molecule has 0 spiro atoms. The van der Waals surface area contributed by atoms with Crippen LogP contribution in [0.3, 0.4) is 0 Å². The van der Waals surface area contributed by atoms with Gasteiger partial charge >= 0.3 is 0 Å². The molecule has 0 aliphatic carbocycles. The first-order valence-corrected chi connectivity index (χ1v) is 8.48. The molecule has 0 fully saturated rings. The maximum absolute atomic E-state index is 12.1. The van der Waals surface area contributed by atoms with Crippen molar-refractivity contribution in [1.82, 2.24) is 19.9 Å². The monoisotopic (exact) mass is 345 g/mol. The number of aromatic amines is 2. The summed E-state index contributed by atoms with van der Waals surface area (Å²) in [6.07, 6.45) is 6.28. The summed E-state index contributed by atoms with van der Waals surface area (Å²) in [6.45, 7) is 0.741. The van der Waals surface area contributed by atoms with Crippen LogP contribution in [0, 0.1) is 0 Å². The molecule has 0 saturated carbocycles. The lowest BCUT2D eigenvalue weighted by atomic mass is 10.1. The van der Waals surface area contributed by atoms with Crippen LogP contribution in [0.4, 0.5) is 5.95 Å². The van der Waals surface area contributed by atoms with E-state index in [1.54, 1.807) is 12.4 Å². The molecular formula is C20H19N5O. The number of fused-ring (bicyclic) bond motifs is 1. The lowest BCUT2D eigenvalue weighted by Gasteiger charge is -2.18. The van der Waals surface area contributed by atoms with Crippen molar-refractivity contribution in [2.24, 2.45) is 0 Å². The number of para-hydroxylation sites is 1. The van der Waals surface area contributed by atoms with E-state index in [1.807, 2.05) is 42.4 Å². The van der Waals surface area contributed by atoms with E-state index in [4.69, 9.17) is 0 Å². The Bertz CT molecular complexity index is 1080. The standard InChI is InChI=1S/C20H19N5O/c1-25(11-8-15-13-22-17-5-3-2-4-16(15)17)20-23-18(12-19(26)24-20)14-6-9-21-10-7-14/h2-7,9-10,12-13,22H,8,11H2,1H3,(H,23,24,26). The lowest BCUT2D eigenvalue weighted by Crippen LogP contribution is -2.25. The number of hydrogen-bond donors (Lipinski definition) is 2. The van der Waals surface area contributed by atoms with Crippen molar-refractivity contribution in [3.63, 3.8) is 0 Å². The summed E-state index contributed by atoms with van der Waals surface area (Å²) in [5.74, 6) is 0.559. The van der Waals surface area contributed by atoms with Gasteiger partial charge in [-0.05, 0) is 30.2 Å². The molecule has 0 saturated heterocycles. The molecule has 3 heterocycles. The molecule has 0 atom stereocenters. The Balaban J connectivity index is 1.55. The SMILES string of the molecule is CN(CCc1c[nH]c2ccccc12)c1nc(-c2ccncc2)cc(=O)[nH]1. The summed E-state index contributed by atoms with van der Waals surface area (Å²) in [4.78, 5) is 28.7. The fraction of sp³-hybridized carbons (Fsp3) is 0.150. The molecule has 1 aromatic carbocycles. The van der Waals surface area contributed by atoms with E-state index in [0.717, 1.165) is 24.0 Å². The van der Waals surface area contributed by atoms with Gasteiger partial charge in [-0.25, -0.2) is 4.98 Å². The Kier molecular flexibility index (Phi) is 4.23. The molecule has 4 aromatic rings. The van der Waals surface area contributed by atoms with Crippen molar-refractivity contribution in [3.05, 3.63) is 77.0 Å². The molecule has 0 amide bonds. The number of hydrogen-bond acceptors (Lipinski definition) is 4. The molecule has 4 rings (SSSR count). The second-order valence-electron chi connectivity index (χ2n) is 6.22. The van der Waals surface area contributed by atoms with Crippen LogP contribution in [0.2, 0.25) is 0 Å². The molecule has 0 radical (unpaired) electrons. The number of pyridine rings is 1. The second kappa shape index (κ2) is 6.84. The highest BCUT2D eigenvalue weighted by atomic mass is 16.1. The van der Waals surface area contributed by atoms with Gasteiger partial charge in [0.25, 0.3) is 5.56 Å². The van der Waals surface area contributed by atoms with E-state index in [0.29, 0.717) is 11.6 Å². The summed E-state index contributed by atoms with van der Waals surface area (Å²) in [5, 5.41) is 1.23. The second-order valence-corrected chi connectivity index (χ2v) is 6.22. The highest BCUT2D eigenvalue weighted by Crippen LogP contribution is 2.19. The van der Waals surface area contributed by atoms with Gasteiger partial charge in [-0.15, -0.1) is 0 Å². The topological polar surface area (TPSA) is 77.7 Å². The van der Waals surface area contributed by atoms with Crippen molar-refractivity contribution in [2.45, 2.75) is 6.42 Å². The molecule has 3 aromatic heterocycles. The molecule has 0 aliphatic heterocycles. The van der Waals surface area contributed by atoms with Crippen molar-refractivity contribution in [1.29, 1.82) is 0 Å². The van der Waals surface area contributed by atoms with Gasteiger partial charge in [0.2, 0.25) is 5.95 Å². The molecular weight excluding hydrogens is 326 g/mol. The van der Waals surface area contributed by atoms with Crippen LogP contribution in [0.15, 0.2) is 65.8 Å². The van der Waals surface area contributed by atoms with Gasteiger partial charge in [0, 0.05) is 54.7 Å². The van der Waals surface area contributed by atoms with E-state index in [9.17, 15) is 4.79 Å². The fourth-order valence-corrected chi connectivity index (χ4v) is 3.03. The number of likely N-dealkylation sites (N-methyl/N-ethyl adjacent to an activating group) is 1. The van der Waals surface area contributed by atoms with Crippen molar-refractivity contribution < 1.29 is 0 Å². The molecule has 0 bridgehead atoms. The molecule has 130 valence electrons. The van der Waals surface area contributed by atoms with Gasteiger partial charge in [-0.3, -0.25) is 14.8 Å². The van der Waals surface area contributed by atoms with Crippen LogP contribution in [0.25, 0.3) is 22.2 Å². The van der Waals surface area contributed by atoms with E-state index < -0.39 is 0 Å². The molecule has 6 heteroatoms. The van der Waals surface area contributed by atoms with Crippen LogP contribution in [0.1, 0.15) is 5.56 Å². The highest BCUT2D eigenvalue weighted by molar-refractivity contribution is 5.83. The highest BCUT2D eigenvalue weighted by Gasteiger charge is 2.10. The van der Waals surface area contributed by atoms with Crippen LogP contribution in [0.5, 0.6) is 0 Å². The van der Waals surface area contributed by atoms with E-state index in [-0.39, 0.29) is 5.56 Å². The molecule has 6 nitrogen and oxygen atoms in total. The normalized spacial score (nSPS) is 11.0. The van der Waals surface area contributed by atoms with Crippen LogP contribution < -0.4 is 10.5 Å². The third kappa shape index (κ3) is 3.21. The van der Waals surface area contributed by atoms with Gasteiger partial charge in [0.15, 0.2) is 0 Å². The maximum atomic E-state index is 12.1. The predicted molar refractivity (Wildman–Crippen MR) is 103 cm³/mol. The number of H-pyrrole nitrogens is 2. The molecule has 2 N–H and O–H groups in total. The number of nitrogens with one attached hydrogen (secondary N) is 2. The zero-order chi connectivity index (χ0) is 17.9. The molecule has 0 unspecified atom stereocenters. The van der Waals surface area contributed by atoms with Gasteiger partial charge < -0.3 is 9.88 Å². The lowest BCUT2D eigenvalue weighted by molar-refractivity contribution is 0.837. The first kappa shape index (κ1) is 16.1. The Morgan fingerprint density at radius 2 is 1.92 bits per heavy atom. The Morgan fingerprint density at radius 1 is 1.12 bits per heavy atom. The number of aromatic nitrogens is 4. The first-order valence-electron chi connectivity index (χ1n) is 8.48. The third-order valence-corrected chi connectivity index (χ3v) is 4.46. The minimum atomic E-state index is -0.166. The Labute approximate surface area is 150 Å². The van der Waals surface area contributed by atoms with Crippen LogP contribution in [-0.4, -0.2) is 33.5 Å². The van der Waals surface area contributed by atoms with E-state index >= 15 is 0 Å². The smallest absolute Gasteiger partial charge is 0.252 e.